The van der Waals surface area contributed by atoms with E-state index < -0.39 is 10.0 Å². The van der Waals surface area contributed by atoms with Crippen molar-refractivity contribution in [3.05, 3.63) is 55.4 Å². The van der Waals surface area contributed by atoms with Gasteiger partial charge in [0.15, 0.2) is 0 Å². The van der Waals surface area contributed by atoms with Crippen molar-refractivity contribution in [3.8, 4) is 0 Å². The number of hydrogen-bond donors (Lipinski definition) is 2. The zero-order chi connectivity index (χ0) is 15.6. The van der Waals surface area contributed by atoms with Crippen LogP contribution in [0.2, 0.25) is 0 Å². The molecule has 2 rings (SSSR count). The number of benzene rings is 2. The zero-order valence-corrected chi connectivity index (χ0v) is 16.2. The number of nitrogens with one attached hydrogen (secondary N) is 1. The number of anilines is 1. The van der Waals surface area contributed by atoms with Gasteiger partial charge in [0, 0.05) is 20.0 Å². The average molecular weight is 499 g/mol. The molecule has 0 bridgehead atoms. The van der Waals surface area contributed by atoms with Crippen molar-refractivity contribution in [3.63, 3.8) is 0 Å². The molecule has 3 N–H and O–H groups in total. The highest BCUT2D eigenvalue weighted by molar-refractivity contribution is 9.11. The lowest BCUT2D eigenvalue weighted by Gasteiger charge is -2.11. The first-order valence-corrected chi connectivity index (χ1v) is 9.64. The minimum absolute atomic E-state index is 0.0423. The van der Waals surface area contributed by atoms with E-state index in [-0.39, 0.29) is 17.1 Å². The van der Waals surface area contributed by atoms with Crippen LogP contribution in [-0.2, 0) is 16.6 Å². The Morgan fingerprint density at radius 1 is 1.05 bits per heavy atom. The van der Waals surface area contributed by atoms with Crippen molar-refractivity contribution in [2.24, 2.45) is 0 Å². The summed E-state index contributed by atoms with van der Waals surface area (Å²) >= 11 is 9.85. The van der Waals surface area contributed by atoms with Gasteiger partial charge in [-0.2, -0.15) is 0 Å². The molecule has 8 heteroatoms. The largest absolute Gasteiger partial charge is 0.398 e. The molecule has 0 aliphatic heterocycles. The van der Waals surface area contributed by atoms with E-state index in [1.165, 1.54) is 0 Å². The average Bonchev–Trinajstić information content (AvgIpc) is 2.35. The van der Waals surface area contributed by atoms with Gasteiger partial charge >= 0.3 is 0 Å². The first-order valence-electron chi connectivity index (χ1n) is 5.78. The van der Waals surface area contributed by atoms with Gasteiger partial charge in [0.25, 0.3) is 0 Å². The summed E-state index contributed by atoms with van der Waals surface area (Å²) in [5.41, 5.74) is 6.84. The van der Waals surface area contributed by atoms with E-state index in [1.54, 1.807) is 12.1 Å². The third kappa shape index (κ3) is 4.29. The Morgan fingerprint density at radius 3 is 2.38 bits per heavy atom. The van der Waals surface area contributed by atoms with E-state index in [9.17, 15) is 8.42 Å². The second kappa shape index (κ2) is 6.78. The third-order valence-electron chi connectivity index (χ3n) is 2.66. The van der Waals surface area contributed by atoms with Crippen molar-refractivity contribution < 1.29 is 8.42 Å². The fourth-order valence-corrected chi connectivity index (χ4v) is 5.29. The summed E-state index contributed by atoms with van der Waals surface area (Å²) in [7, 11) is -3.71. The summed E-state index contributed by atoms with van der Waals surface area (Å²) < 4.78 is 29.3. The zero-order valence-electron chi connectivity index (χ0n) is 10.6. The number of halogens is 3. The predicted octanol–water partition coefficient (Wildman–Crippen LogP) is 4.03. The van der Waals surface area contributed by atoms with Crippen molar-refractivity contribution in [2.45, 2.75) is 11.4 Å². The molecule has 0 amide bonds. The van der Waals surface area contributed by atoms with Gasteiger partial charge in [-0.15, -0.1) is 0 Å². The quantitative estimate of drug-likeness (QED) is 0.625. The minimum atomic E-state index is -3.71. The second-order valence-electron chi connectivity index (χ2n) is 4.26. The van der Waals surface area contributed by atoms with Gasteiger partial charge in [-0.3, -0.25) is 0 Å². The van der Waals surface area contributed by atoms with Gasteiger partial charge in [-0.05, 0) is 45.8 Å². The summed E-state index contributed by atoms with van der Waals surface area (Å²) in [5.74, 6) is 0. The smallest absolute Gasteiger partial charge is 0.244 e. The van der Waals surface area contributed by atoms with E-state index >= 15 is 0 Å². The SMILES string of the molecule is Nc1cc(Br)cc(Br)c1S(=O)(=O)NCc1cccc(Br)c1. The van der Waals surface area contributed by atoms with Crippen LogP contribution in [0.15, 0.2) is 54.7 Å². The highest BCUT2D eigenvalue weighted by atomic mass is 79.9. The van der Waals surface area contributed by atoms with Crippen molar-refractivity contribution >= 4 is 63.5 Å². The molecule has 0 aromatic heterocycles. The van der Waals surface area contributed by atoms with E-state index in [4.69, 9.17) is 5.73 Å². The van der Waals surface area contributed by atoms with Crippen LogP contribution in [0.25, 0.3) is 0 Å². The summed E-state index contributed by atoms with van der Waals surface area (Å²) in [6.07, 6.45) is 0. The van der Waals surface area contributed by atoms with Crippen molar-refractivity contribution in [1.82, 2.24) is 4.72 Å². The Bertz CT molecular complexity index is 756. The van der Waals surface area contributed by atoms with Crippen molar-refractivity contribution in [2.75, 3.05) is 5.73 Å². The summed E-state index contributed by atoms with van der Waals surface area (Å²) in [6.45, 7) is 0.184. The number of hydrogen-bond acceptors (Lipinski definition) is 3. The van der Waals surface area contributed by atoms with Gasteiger partial charge in [-0.25, -0.2) is 13.1 Å². The molecule has 0 aliphatic carbocycles. The topological polar surface area (TPSA) is 72.2 Å². The number of sulfonamides is 1. The highest BCUT2D eigenvalue weighted by Crippen LogP contribution is 2.31. The molecule has 0 unspecified atom stereocenters. The molecule has 2 aromatic rings. The molecule has 0 saturated heterocycles. The van der Waals surface area contributed by atoms with Gasteiger partial charge in [0.05, 0.1) is 5.69 Å². The van der Waals surface area contributed by atoms with Gasteiger partial charge in [0.2, 0.25) is 10.0 Å². The van der Waals surface area contributed by atoms with Crippen LogP contribution in [0, 0.1) is 0 Å². The lowest BCUT2D eigenvalue weighted by atomic mass is 10.2. The molecule has 0 heterocycles. The van der Waals surface area contributed by atoms with Crippen LogP contribution in [0.4, 0.5) is 5.69 Å². The first kappa shape index (κ1) is 17.0. The maximum absolute atomic E-state index is 12.4. The van der Waals surface area contributed by atoms with Gasteiger partial charge in [-0.1, -0.05) is 44.0 Å². The highest BCUT2D eigenvalue weighted by Gasteiger charge is 2.21. The predicted molar refractivity (Wildman–Crippen MR) is 94.4 cm³/mol. The second-order valence-corrected chi connectivity index (χ2v) is 8.65. The van der Waals surface area contributed by atoms with Crippen LogP contribution < -0.4 is 10.5 Å². The lowest BCUT2D eigenvalue weighted by molar-refractivity contribution is 0.581. The molecule has 21 heavy (non-hydrogen) atoms. The molecule has 0 radical (unpaired) electrons. The number of nitrogen functional groups attached to an aromatic ring is 1. The van der Waals surface area contributed by atoms with Crippen LogP contribution in [-0.4, -0.2) is 8.42 Å². The molecule has 112 valence electrons. The monoisotopic (exact) mass is 496 g/mol. The third-order valence-corrected chi connectivity index (χ3v) is 6.02. The van der Waals surface area contributed by atoms with Crippen LogP contribution in [0.5, 0.6) is 0 Å². The molecule has 0 fully saturated rings. The Morgan fingerprint density at radius 2 is 1.76 bits per heavy atom. The van der Waals surface area contributed by atoms with Crippen LogP contribution in [0.1, 0.15) is 5.56 Å². The first-order chi connectivity index (χ1) is 9.79. The Hall–Kier alpha value is -0.410. The normalized spacial score (nSPS) is 11.6. The van der Waals surface area contributed by atoms with E-state index in [0.29, 0.717) is 8.95 Å². The van der Waals surface area contributed by atoms with Crippen LogP contribution >= 0.6 is 47.8 Å². The summed E-state index contributed by atoms with van der Waals surface area (Å²) in [5, 5.41) is 0. The van der Waals surface area contributed by atoms with E-state index in [1.807, 2.05) is 24.3 Å². The van der Waals surface area contributed by atoms with Gasteiger partial charge < -0.3 is 5.73 Å². The lowest BCUT2D eigenvalue weighted by Crippen LogP contribution is -2.24. The summed E-state index contributed by atoms with van der Waals surface area (Å²) in [6, 6.07) is 10.6. The molecular weight excluding hydrogens is 488 g/mol. The van der Waals surface area contributed by atoms with Gasteiger partial charge in [0.1, 0.15) is 4.90 Å². The molecule has 0 spiro atoms. The Balaban J connectivity index is 2.27. The molecule has 4 nitrogen and oxygen atoms in total. The number of nitrogens with two attached hydrogens (primary N) is 1. The molecular formula is C13H11Br3N2O2S. The Labute approximate surface area is 148 Å². The standard InChI is InChI=1S/C13H11Br3N2O2S/c14-9-3-1-2-8(4-9)7-18-21(19,20)13-11(16)5-10(15)6-12(13)17/h1-6,18H,7,17H2. The van der Waals surface area contributed by atoms with E-state index in [0.717, 1.165) is 10.0 Å². The fraction of sp³-hybridized carbons (Fsp3) is 0.0769. The van der Waals surface area contributed by atoms with Crippen molar-refractivity contribution in [1.29, 1.82) is 0 Å². The fourth-order valence-electron chi connectivity index (χ4n) is 1.76. The van der Waals surface area contributed by atoms with E-state index in [2.05, 4.69) is 52.5 Å². The molecule has 2 aromatic carbocycles. The number of rotatable bonds is 4. The molecule has 0 saturated carbocycles. The maximum Gasteiger partial charge on any atom is 0.244 e. The minimum Gasteiger partial charge on any atom is -0.398 e. The maximum atomic E-state index is 12.4. The molecule has 0 atom stereocenters. The van der Waals surface area contributed by atoms with Crippen LogP contribution in [0.3, 0.4) is 0 Å². The Kier molecular flexibility index (Phi) is 5.48. The molecule has 0 aliphatic rings. The summed E-state index contributed by atoms with van der Waals surface area (Å²) in [4.78, 5) is 0.0423.